The Morgan fingerprint density at radius 2 is 2.24 bits per heavy atom. The van der Waals surface area contributed by atoms with Crippen molar-refractivity contribution in [1.82, 2.24) is 10.3 Å². The number of aromatic amines is 1. The van der Waals surface area contributed by atoms with Crippen molar-refractivity contribution in [2.45, 2.75) is 39.2 Å². The van der Waals surface area contributed by atoms with Gasteiger partial charge in [-0.15, -0.1) is 0 Å². The van der Waals surface area contributed by atoms with Gasteiger partial charge < -0.3 is 14.7 Å². The van der Waals surface area contributed by atoms with E-state index in [0.29, 0.717) is 23.4 Å². The maximum absolute atomic E-state index is 12.4. The minimum absolute atomic E-state index is 0.128. The van der Waals surface area contributed by atoms with Crippen LogP contribution in [0.4, 0.5) is 0 Å². The normalized spacial score (nSPS) is 15.6. The number of Topliss-reactive ketones (excluding diaryl/α,β-unsaturated/α-hetero) is 1. The van der Waals surface area contributed by atoms with E-state index in [-0.39, 0.29) is 17.7 Å². The number of nitrogens with one attached hydrogen (secondary N) is 2. The van der Waals surface area contributed by atoms with Gasteiger partial charge in [-0.3, -0.25) is 9.59 Å². The van der Waals surface area contributed by atoms with Crippen molar-refractivity contribution < 1.29 is 14.0 Å². The fourth-order valence-corrected chi connectivity index (χ4v) is 2.88. The second-order valence-electron chi connectivity index (χ2n) is 5.47. The van der Waals surface area contributed by atoms with Gasteiger partial charge in [0, 0.05) is 17.7 Å². The van der Waals surface area contributed by atoms with Crippen LogP contribution in [0.25, 0.3) is 0 Å². The first-order valence-corrected chi connectivity index (χ1v) is 7.17. The molecular formula is C16H18N2O3. The van der Waals surface area contributed by atoms with Crippen molar-refractivity contribution in [2.75, 3.05) is 0 Å². The minimum Gasteiger partial charge on any atom is -0.467 e. The van der Waals surface area contributed by atoms with Crippen molar-refractivity contribution in [1.29, 1.82) is 0 Å². The van der Waals surface area contributed by atoms with Crippen LogP contribution in [-0.2, 0) is 6.42 Å². The van der Waals surface area contributed by atoms with Gasteiger partial charge in [0.05, 0.1) is 12.3 Å². The monoisotopic (exact) mass is 286 g/mol. The molecule has 0 radical (unpaired) electrons. The van der Waals surface area contributed by atoms with E-state index in [1.54, 1.807) is 12.3 Å². The summed E-state index contributed by atoms with van der Waals surface area (Å²) in [4.78, 5) is 27.5. The fourth-order valence-electron chi connectivity index (χ4n) is 2.88. The molecule has 0 spiro atoms. The Bertz CT molecular complexity index is 683. The van der Waals surface area contributed by atoms with Gasteiger partial charge in [-0.1, -0.05) is 0 Å². The van der Waals surface area contributed by atoms with Crippen molar-refractivity contribution in [3.05, 3.63) is 46.7 Å². The molecule has 1 atom stereocenters. The first-order chi connectivity index (χ1) is 10.1. The number of ketones is 1. The van der Waals surface area contributed by atoms with Gasteiger partial charge in [0.15, 0.2) is 5.78 Å². The van der Waals surface area contributed by atoms with Crippen molar-refractivity contribution >= 4 is 11.7 Å². The molecule has 1 amide bonds. The third-order valence-electron chi connectivity index (χ3n) is 3.98. The van der Waals surface area contributed by atoms with E-state index in [4.69, 9.17) is 4.42 Å². The zero-order chi connectivity index (χ0) is 15.0. The average Bonchev–Trinajstić information content (AvgIpc) is 3.07. The van der Waals surface area contributed by atoms with Gasteiger partial charge in [0.25, 0.3) is 5.91 Å². The molecule has 1 aliphatic carbocycles. The second kappa shape index (κ2) is 5.24. The zero-order valence-corrected chi connectivity index (χ0v) is 12.2. The van der Waals surface area contributed by atoms with Gasteiger partial charge in [0.1, 0.15) is 11.5 Å². The molecule has 5 heteroatoms. The van der Waals surface area contributed by atoms with Crippen LogP contribution in [0.15, 0.2) is 22.8 Å². The molecule has 0 aromatic carbocycles. The first-order valence-electron chi connectivity index (χ1n) is 7.17. The maximum Gasteiger partial charge on any atom is 0.268 e. The van der Waals surface area contributed by atoms with Gasteiger partial charge in [0.2, 0.25) is 0 Å². The molecule has 110 valence electrons. The number of aryl methyl sites for hydroxylation is 1. The number of furan rings is 1. The number of fused-ring (bicyclic) bond motifs is 1. The molecule has 2 aromatic heterocycles. The molecule has 2 aromatic rings. The van der Waals surface area contributed by atoms with Crippen LogP contribution in [0.5, 0.6) is 0 Å². The van der Waals surface area contributed by atoms with E-state index < -0.39 is 0 Å². The average molecular weight is 286 g/mol. The molecule has 0 unspecified atom stereocenters. The first kappa shape index (κ1) is 13.7. The molecule has 3 rings (SSSR count). The number of rotatable bonds is 3. The Hall–Kier alpha value is -2.30. The van der Waals surface area contributed by atoms with E-state index in [1.165, 1.54) is 0 Å². The molecular weight excluding hydrogens is 268 g/mol. The van der Waals surface area contributed by atoms with Gasteiger partial charge in [-0.25, -0.2) is 0 Å². The van der Waals surface area contributed by atoms with Gasteiger partial charge in [-0.05, 0) is 44.4 Å². The van der Waals surface area contributed by atoms with Crippen molar-refractivity contribution in [3.63, 3.8) is 0 Å². The number of carbonyl (C=O) groups excluding carboxylic acids is 2. The topological polar surface area (TPSA) is 75.1 Å². The summed E-state index contributed by atoms with van der Waals surface area (Å²) in [7, 11) is 0. The molecule has 2 N–H and O–H groups in total. The number of carbonyl (C=O) groups is 2. The second-order valence-corrected chi connectivity index (χ2v) is 5.47. The molecule has 21 heavy (non-hydrogen) atoms. The lowest BCUT2D eigenvalue weighted by molar-refractivity contribution is 0.0929. The zero-order valence-electron chi connectivity index (χ0n) is 12.2. The van der Waals surface area contributed by atoms with Crippen LogP contribution >= 0.6 is 0 Å². The summed E-state index contributed by atoms with van der Waals surface area (Å²) in [5, 5.41) is 2.89. The lowest BCUT2D eigenvalue weighted by atomic mass is 9.94. The molecule has 0 saturated heterocycles. The van der Waals surface area contributed by atoms with Crippen LogP contribution in [0.2, 0.25) is 0 Å². The Kier molecular flexibility index (Phi) is 3.41. The minimum atomic E-state index is -0.220. The molecule has 0 saturated carbocycles. The summed E-state index contributed by atoms with van der Waals surface area (Å²) in [6, 6.07) is 3.39. The number of aromatic nitrogens is 1. The van der Waals surface area contributed by atoms with Crippen molar-refractivity contribution in [2.24, 2.45) is 0 Å². The van der Waals surface area contributed by atoms with E-state index in [0.717, 1.165) is 24.1 Å². The smallest absolute Gasteiger partial charge is 0.268 e. The molecule has 2 heterocycles. The third kappa shape index (κ3) is 2.39. The van der Waals surface area contributed by atoms with Crippen LogP contribution in [0, 0.1) is 6.92 Å². The quantitative estimate of drug-likeness (QED) is 0.911. The highest BCUT2D eigenvalue weighted by Crippen LogP contribution is 2.26. The Morgan fingerprint density at radius 1 is 1.43 bits per heavy atom. The molecule has 0 bridgehead atoms. The highest BCUT2D eigenvalue weighted by Gasteiger charge is 2.27. The summed E-state index contributed by atoms with van der Waals surface area (Å²) in [6.07, 6.45) is 3.81. The van der Waals surface area contributed by atoms with Crippen LogP contribution in [-0.4, -0.2) is 16.7 Å². The molecule has 0 aliphatic heterocycles. The summed E-state index contributed by atoms with van der Waals surface area (Å²) < 4.78 is 5.28. The number of hydrogen-bond donors (Lipinski definition) is 2. The van der Waals surface area contributed by atoms with Crippen LogP contribution < -0.4 is 5.32 Å². The maximum atomic E-state index is 12.4. The molecule has 1 aliphatic rings. The number of hydrogen-bond acceptors (Lipinski definition) is 3. The highest BCUT2D eigenvalue weighted by atomic mass is 16.3. The highest BCUT2D eigenvalue weighted by molar-refractivity contribution is 6.04. The van der Waals surface area contributed by atoms with E-state index in [1.807, 2.05) is 19.9 Å². The molecule has 0 fully saturated rings. The van der Waals surface area contributed by atoms with Gasteiger partial charge >= 0.3 is 0 Å². The van der Waals surface area contributed by atoms with Crippen molar-refractivity contribution in [3.8, 4) is 0 Å². The number of H-pyrrole nitrogens is 1. The Labute approximate surface area is 122 Å². The predicted octanol–water partition coefficient (Wildman–Crippen LogP) is 2.93. The fraction of sp³-hybridized carbons (Fsp3) is 0.375. The SMILES string of the molecule is Cc1c(C(=O)N[C@H](C)c2ccco2)[nH]c2c1C(=O)CCC2. The largest absolute Gasteiger partial charge is 0.467 e. The predicted molar refractivity (Wildman–Crippen MR) is 77.4 cm³/mol. The summed E-state index contributed by atoms with van der Waals surface area (Å²) >= 11 is 0. The van der Waals surface area contributed by atoms with E-state index in [2.05, 4.69) is 10.3 Å². The summed E-state index contributed by atoms with van der Waals surface area (Å²) in [6.45, 7) is 3.69. The summed E-state index contributed by atoms with van der Waals surface area (Å²) in [5.41, 5.74) is 2.82. The molecule has 5 nitrogen and oxygen atoms in total. The standard InChI is InChI=1S/C16H18N2O3/c1-9-14-11(5-3-6-12(14)19)18-15(9)16(20)17-10(2)13-7-4-8-21-13/h4,7-8,10,18H,3,5-6H2,1-2H3,(H,17,20)/t10-/m1/s1. The number of amides is 1. The third-order valence-corrected chi connectivity index (χ3v) is 3.98. The Morgan fingerprint density at radius 3 is 2.90 bits per heavy atom. The van der Waals surface area contributed by atoms with E-state index in [9.17, 15) is 9.59 Å². The Balaban J connectivity index is 1.84. The summed E-state index contributed by atoms with van der Waals surface area (Å²) in [5.74, 6) is 0.620. The lowest BCUT2D eigenvalue weighted by Gasteiger charge is -2.11. The van der Waals surface area contributed by atoms with Crippen LogP contribution in [0.3, 0.4) is 0 Å². The van der Waals surface area contributed by atoms with Gasteiger partial charge in [-0.2, -0.15) is 0 Å². The van der Waals surface area contributed by atoms with Crippen LogP contribution in [0.1, 0.15) is 63.7 Å². The lowest BCUT2D eigenvalue weighted by Crippen LogP contribution is -2.27. The van der Waals surface area contributed by atoms with E-state index >= 15 is 0 Å².